The molecule has 2 bridgehead atoms. The van der Waals surface area contributed by atoms with E-state index in [9.17, 15) is 4.79 Å². The molecule has 5 heterocycles. The monoisotopic (exact) mass is 311 g/mol. The normalized spacial score (nSPS) is 24.6. The minimum absolute atomic E-state index is 0.106. The van der Waals surface area contributed by atoms with E-state index >= 15 is 0 Å². The highest BCUT2D eigenvalue weighted by molar-refractivity contribution is 5.93. The van der Waals surface area contributed by atoms with Crippen LogP contribution in [0.1, 0.15) is 29.0 Å². The van der Waals surface area contributed by atoms with E-state index in [2.05, 4.69) is 19.9 Å². The molecule has 0 spiro atoms. The van der Waals surface area contributed by atoms with Gasteiger partial charge in [0.15, 0.2) is 0 Å². The minimum Gasteiger partial charge on any atom is -0.348 e. The van der Waals surface area contributed by atoms with Crippen molar-refractivity contribution >= 4 is 5.91 Å². The maximum absolute atomic E-state index is 12.7. The molecule has 2 atom stereocenters. The molecule has 5 rings (SSSR count). The quantitative estimate of drug-likeness (QED) is 0.934. The first-order valence-corrected chi connectivity index (χ1v) is 8.21. The average Bonchev–Trinajstić information content (AvgIpc) is 2.93. The molecule has 3 aliphatic heterocycles. The van der Waals surface area contributed by atoms with Gasteiger partial charge in [0.25, 0.3) is 5.91 Å². The molecule has 6 nitrogen and oxygen atoms in total. The predicted octanol–water partition coefficient (Wildman–Crippen LogP) is 1.54. The van der Waals surface area contributed by atoms with Gasteiger partial charge >= 0.3 is 0 Å². The summed E-state index contributed by atoms with van der Waals surface area (Å²) in [5.74, 6) is 1.65. The van der Waals surface area contributed by atoms with Crippen molar-refractivity contribution < 1.29 is 4.79 Å². The van der Waals surface area contributed by atoms with Crippen molar-refractivity contribution in [1.29, 1.82) is 0 Å². The number of nitrogens with zero attached hydrogens (tertiary/aromatic N) is 4. The van der Waals surface area contributed by atoms with E-state index < -0.39 is 0 Å². The molecule has 3 saturated heterocycles. The first-order chi connectivity index (χ1) is 11.3. The Bertz CT molecular complexity index is 657. The van der Waals surface area contributed by atoms with Gasteiger partial charge < -0.3 is 9.88 Å². The van der Waals surface area contributed by atoms with Crippen molar-refractivity contribution in [2.24, 2.45) is 5.92 Å². The van der Waals surface area contributed by atoms with Gasteiger partial charge in [0.05, 0.1) is 12.1 Å². The van der Waals surface area contributed by atoms with Gasteiger partial charge in [-0.2, -0.15) is 0 Å². The van der Waals surface area contributed by atoms with Crippen molar-refractivity contribution in [2.75, 3.05) is 19.6 Å². The topological polar surface area (TPSA) is 65.1 Å². The smallest absolute Gasteiger partial charge is 0.255 e. The Balaban J connectivity index is 1.50. The molecule has 0 saturated carbocycles. The van der Waals surface area contributed by atoms with Gasteiger partial charge in [-0.05, 0) is 30.9 Å². The van der Waals surface area contributed by atoms with Crippen molar-refractivity contribution in [3.63, 3.8) is 0 Å². The predicted molar refractivity (Wildman–Crippen MR) is 85.7 cm³/mol. The number of amides is 1. The Kier molecular flexibility index (Phi) is 3.83. The van der Waals surface area contributed by atoms with Crippen molar-refractivity contribution in [3.8, 4) is 0 Å². The molecule has 3 fully saturated rings. The summed E-state index contributed by atoms with van der Waals surface area (Å²) >= 11 is 0. The molecule has 1 amide bonds. The minimum atomic E-state index is 0.106. The number of imidazole rings is 1. The number of aromatic amines is 1. The third-order valence-electron chi connectivity index (χ3n) is 4.93. The second kappa shape index (κ2) is 6.12. The molecule has 120 valence electrons. The highest BCUT2D eigenvalue weighted by Crippen LogP contribution is 2.29. The van der Waals surface area contributed by atoms with Crippen LogP contribution in [0.25, 0.3) is 0 Å². The maximum atomic E-state index is 12.7. The number of fused-ring (bicyclic) bond motifs is 4. The second-order valence-electron chi connectivity index (χ2n) is 6.51. The SMILES string of the molecule is O=C(c1cccnc1)N1C[C@@H]2CC[C@H](C1)N(Cc1ncc[nH]1)C2. The Morgan fingerprint density at radius 3 is 3.00 bits per heavy atom. The van der Waals surface area contributed by atoms with E-state index in [4.69, 9.17) is 0 Å². The lowest BCUT2D eigenvalue weighted by Gasteiger charge is -2.35. The zero-order chi connectivity index (χ0) is 15.6. The number of carbonyl (C=O) groups excluding carboxylic acids is 1. The zero-order valence-electron chi connectivity index (χ0n) is 13.1. The van der Waals surface area contributed by atoms with Gasteiger partial charge in [-0.25, -0.2) is 4.98 Å². The number of pyridine rings is 1. The Labute approximate surface area is 135 Å². The number of H-pyrrole nitrogens is 1. The zero-order valence-corrected chi connectivity index (χ0v) is 13.1. The molecule has 0 aliphatic carbocycles. The molecule has 3 aliphatic rings. The maximum Gasteiger partial charge on any atom is 0.255 e. The number of carbonyl (C=O) groups is 1. The number of aromatic nitrogens is 3. The summed E-state index contributed by atoms with van der Waals surface area (Å²) < 4.78 is 0. The summed E-state index contributed by atoms with van der Waals surface area (Å²) in [6, 6.07) is 4.09. The van der Waals surface area contributed by atoms with Crippen molar-refractivity contribution in [2.45, 2.75) is 25.4 Å². The molecule has 0 aromatic carbocycles. The molecule has 2 aromatic rings. The van der Waals surface area contributed by atoms with Crippen LogP contribution in [-0.4, -0.2) is 56.3 Å². The number of hydrogen-bond donors (Lipinski definition) is 1. The lowest BCUT2D eigenvalue weighted by atomic mass is 9.95. The van der Waals surface area contributed by atoms with Crippen LogP contribution in [0.2, 0.25) is 0 Å². The molecule has 0 unspecified atom stereocenters. The van der Waals surface area contributed by atoms with E-state index in [1.165, 1.54) is 6.42 Å². The Morgan fingerprint density at radius 1 is 1.26 bits per heavy atom. The van der Waals surface area contributed by atoms with Gasteiger partial charge in [0, 0.05) is 50.5 Å². The van der Waals surface area contributed by atoms with Crippen LogP contribution < -0.4 is 0 Å². The Hall–Kier alpha value is -2.21. The summed E-state index contributed by atoms with van der Waals surface area (Å²) in [6.07, 6.45) is 9.38. The van der Waals surface area contributed by atoms with Crippen LogP contribution in [0.4, 0.5) is 0 Å². The fourth-order valence-corrected chi connectivity index (χ4v) is 3.79. The summed E-state index contributed by atoms with van der Waals surface area (Å²) in [5, 5.41) is 0. The van der Waals surface area contributed by atoms with Crippen LogP contribution in [0, 0.1) is 5.92 Å². The van der Waals surface area contributed by atoms with E-state index in [1.807, 2.05) is 23.2 Å². The largest absolute Gasteiger partial charge is 0.348 e. The van der Waals surface area contributed by atoms with Crippen LogP contribution >= 0.6 is 0 Å². The molecule has 1 N–H and O–H groups in total. The van der Waals surface area contributed by atoms with Crippen LogP contribution in [0.5, 0.6) is 0 Å². The highest BCUT2D eigenvalue weighted by Gasteiger charge is 2.36. The van der Waals surface area contributed by atoms with E-state index in [0.717, 1.165) is 38.4 Å². The third-order valence-corrected chi connectivity index (χ3v) is 4.93. The van der Waals surface area contributed by atoms with Gasteiger partial charge in [-0.3, -0.25) is 14.7 Å². The summed E-state index contributed by atoms with van der Waals surface area (Å²) in [4.78, 5) is 28.8. The summed E-state index contributed by atoms with van der Waals surface area (Å²) in [6.45, 7) is 3.52. The second-order valence-corrected chi connectivity index (χ2v) is 6.51. The van der Waals surface area contributed by atoms with Crippen LogP contribution in [0.3, 0.4) is 0 Å². The molecular formula is C17H21N5O. The molecule has 0 radical (unpaired) electrons. The first kappa shape index (κ1) is 14.4. The Morgan fingerprint density at radius 2 is 2.22 bits per heavy atom. The number of hydrogen-bond acceptors (Lipinski definition) is 4. The van der Waals surface area contributed by atoms with E-state index in [1.54, 1.807) is 18.6 Å². The molecule has 2 aromatic heterocycles. The van der Waals surface area contributed by atoms with Gasteiger partial charge in [-0.15, -0.1) is 0 Å². The number of piperidine rings is 1. The molecule has 6 heteroatoms. The van der Waals surface area contributed by atoms with Gasteiger partial charge in [0.1, 0.15) is 5.82 Å². The van der Waals surface area contributed by atoms with Gasteiger partial charge in [-0.1, -0.05) is 0 Å². The standard InChI is InChI=1S/C17H21N5O/c23-17(14-2-1-5-18-8-14)22-10-13-3-4-15(11-22)21(9-13)12-16-19-6-7-20-16/h1-2,5-8,13,15H,3-4,9-12H2,(H,19,20)/t13-,15-/m1/s1. The highest BCUT2D eigenvalue weighted by atomic mass is 16.2. The van der Waals surface area contributed by atoms with Gasteiger partial charge in [0.2, 0.25) is 0 Å². The lowest BCUT2D eigenvalue weighted by Crippen LogP contribution is -2.44. The summed E-state index contributed by atoms with van der Waals surface area (Å²) in [7, 11) is 0. The average molecular weight is 311 g/mol. The van der Waals surface area contributed by atoms with E-state index in [0.29, 0.717) is 17.5 Å². The van der Waals surface area contributed by atoms with Crippen LogP contribution in [-0.2, 0) is 6.54 Å². The summed E-state index contributed by atoms with van der Waals surface area (Å²) in [5.41, 5.74) is 0.686. The molecule has 23 heavy (non-hydrogen) atoms. The first-order valence-electron chi connectivity index (χ1n) is 8.21. The van der Waals surface area contributed by atoms with Crippen LogP contribution in [0.15, 0.2) is 36.9 Å². The van der Waals surface area contributed by atoms with Crippen molar-refractivity contribution in [1.82, 2.24) is 24.8 Å². The fraction of sp³-hybridized carbons (Fsp3) is 0.471. The van der Waals surface area contributed by atoms with E-state index in [-0.39, 0.29) is 5.91 Å². The molecular weight excluding hydrogens is 290 g/mol. The number of rotatable bonds is 3. The fourth-order valence-electron chi connectivity index (χ4n) is 3.79. The number of nitrogens with one attached hydrogen (secondary N) is 1. The van der Waals surface area contributed by atoms with Crippen molar-refractivity contribution in [3.05, 3.63) is 48.3 Å². The third kappa shape index (κ3) is 2.99. The lowest BCUT2D eigenvalue weighted by molar-refractivity contribution is 0.0735.